The van der Waals surface area contributed by atoms with Crippen LogP contribution < -0.4 is 5.32 Å². The van der Waals surface area contributed by atoms with Gasteiger partial charge < -0.3 is 10.4 Å². The molecule has 0 spiro atoms. The number of anilines is 1. The molecule has 1 aromatic heterocycles. The van der Waals surface area contributed by atoms with Crippen LogP contribution in [-0.2, 0) is 0 Å². The molecule has 2 rings (SSSR count). The minimum Gasteiger partial charge on any atom is -0.478 e. The van der Waals surface area contributed by atoms with Gasteiger partial charge in [-0.2, -0.15) is 0 Å². The molecular formula is C15H16FNO2S. The number of benzene rings is 1. The quantitative estimate of drug-likeness (QED) is 0.879. The van der Waals surface area contributed by atoms with Crippen LogP contribution in [-0.4, -0.2) is 11.1 Å². The van der Waals surface area contributed by atoms with Crippen molar-refractivity contribution in [2.75, 3.05) is 5.32 Å². The number of carboxylic acid groups (broad SMARTS) is 1. The van der Waals surface area contributed by atoms with E-state index in [0.29, 0.717) is 5.69 Å². The highest BCUT2D eigenvalue weighted by molar-refractivity contribution is 7.12. The predicted molar refractivity (Wildman–Crippen MR) is 79.2 cm³/mol. The summed E-state index contributed by atoms with van der Waals surface area (Å²) in [4.78, 5) is 13.2. The normalized spacial score (nSPS) is 12.2. The second-order valence-corrected chi connectivity index (χ2v) is 6.19. The van der Waals surface area contributed by atoms with E-state index < -0.39 is 11.8 Å². The Morgan fingerprint density at radius 1 is 1.35 bits per heavy atom. The summed E-state index contributed by atoms with van der Waals surface area (Å²) >= 11 is 1.73. The summed E-state index contributed by atoms with van der Waals surface area (Å²) in [5.74, 6) is -1.99. The number of carbonyl (C=O) groups is 1. The lowest BCUT2D eigenvalue weighted by Gasteiger charge is -2.15. The van der Waals surface area contributed by atoms with E-state index in [9.17, 15) is 9.18 Å². The minimum atomic E-state index is -1.26. The van der Waals surface area contributed by atoms with Crippen LogP contribution in [0.1, 0.15) is 38.6 Å². The number of rotatable bonds is 4. The summed E-state index contributed by atoms with van der Waals surface area (Å²) in [5.41, 5.74) is 1.43. The maximum Gasteiger partial charge on any atom is 0.338 e. The Labute approximate surface area is 121 Å². The van der Waals surface area contributed by atoms with Crippen LogP contribution in [0.5, 0.6) is 0 Å². The lowest BCUT2D eigenvalue weighted by molar-refractivity contribution is 0.0692. The molecule has 20 heavy (non-hydrogen) atoms. The topological polar surface area (TPSA) is 49.3 Å². The van der Waals surface area contributed by atoms with Crippen LogP contribution in [0.25, 0.3) is 0 Å². The van der Waals surface area contributed by atoms with Gasteiger partial charge in [0.1, 0.15) is 5.82 Å². The van der Waals surface area contributed by atoms with Gasteiger partial charge in [0.05, 0.1) is 5.56 Å². The van der Waals surface area contributed by atoms with Gasteiger partial charge >= 0.3 is 5.97 Å². The van der Waals surface area contributed by atoms with Crippen molar-refractivity contribution in [2.24, 2.45) is 0 Å². The van der Waals surface area contributed by atoms with E-state index in [-0.39, 0.29) is 11.6 Å². The Kier molecular flexibility index (Phi) is 4.09. The predicted octanol–water partition coefficient (Wildman–Crippen LogP) is 4.38. The zero-order valence-electron chi connectivity index (χ0n) is 11.5. The molecule has 5 heteroatoms. The van der Waals surface area contributed by atoms with Gasteiger partial charge in [0.25, 0.3) is 0 Å². The zero-order valence-corrected chi connectivity index (χ0v) is 12.3. The van der Waals surface area contributed by atoms with Crippen molar-refractivity contribution in [1.82, 2.24) is 0 Å². The van der Waals surface area contributed by atoms with Crippen LogP contribution in [0.2, 0.25) is 0 Å². The van der Waals surface area contributed by atoms with Gasteiger partial charge in [0.2, 0.25) is 0 Å². The third kappa shape index (κ3) is 2.99. The number of halogens is 1. The fourth-order valence-corrected chi connectivity index (χ4v) is 3.21. The number of aromatic carboxylic acids is 1. The van der Waals surface area contributed by atoms with E-state index in [1.807, 2.05) is 6.92 Å². The van der Waals surface area contributed by atoms with E-state index in [1.165, 1.54) is 27.5 Å². The van der Waals surface area contributed by atoms with E-state index >= 15 is 0 Å². The van der Waals surface area contributed by atoms with E-state index in [0.717, 1.165) is 0 Å². The lowest BCUT2D eigenvalue weighted by atomic mass is 10.1. The van der Waals surface area contributed by atoms with Crippen molar-refractivity contribution in [3.63, 3.8) is 0 Å². The summed E-state index contributed by atoms with van der Waals surface area (Å²) in [6.07, 6.45) is 0. The first-order valence-corrected chi connectivity index (χ1v) is 7.06. The molecule has 2 N–H and O–H groups in total. The molecule has 0 fully saturated rings. The van der Waals surface area contributed by atoms with Crippen molar-refractivity contribution in [2.45, 2.75) is 26.8 Å². The molecule has 0 aliphatic rings. The number of nitrogens with one attached hydrogen (secondary N) is 1. The van der Waals surface area contributed by atoms with Gasteiger partial charge in [-0.05, 0) is 50.6 Å². The molecule has 106 valence electrons. The Bertz CT molecular complexity index is 651. The molecule has 1 heterocycles. The highest BCUT2D eigenvalue weighted by atomic mass is 32.1. The maximum atomic E-state index is 13.6. The SMILES string of the molecule is Cc1cc(C(C)Nc2ccc(C(=O)O)c(F)c2)c(C)s1. The first kappa shape index (κ1) is 14.5. The Morgan fingerprint density at radius 3 is 2.55 bits per heavy atom. The summed E-state index contributed by atoms with van der Waals surface area (Å²) in [6, 6.07) is 6.22. The van der Waals surface area contributed by atoms with Crippen molar-refractivity contribution >= 4 is 23.0 Å². The first-order chi connectivity index (χ1) is 9.38. The van der Waals surface area contributed by atoms with Crippen molar-refractivity contribution < 1.29 is 14.3 Å². The van der Waals surface area contributed by atoms with Crippen LogP contribution in [0.15, 0.2) is 24.3 Å². The fraction of sp³-hybridized carbons (Fsp3) is 0.267. The molecule has 3 nitrogen and oxygen atoms in total. The number of aryl methyl sites for hydroxylation is 2. The number of hydrogen-bond acceptors (Lipinski definition) is 3. The second-order valence-electron chi connectivity index (χ2n) is 4.73. The molecule has 1 unspecified atom stereocenters. The minimum absolute atomic E-state index is 0.0371. The summed E-state index contributed by atoms with van der Waals surface area (Å²) < 4.78 is 13.6. The number of thiophene rings is 1. The van der Waals surface area contributed by atoms with Gasteiger partial charge in [-0.15, -0.1) is 11.3 Å². The second kappa shape index (κ2) is 5.63. The third-order valence-corrected chi connectivity index (χ3v) is 4.11. The molecule has 0 saturated heterocycles. The van der Waals surface area contributed by atoms with E-state index in [4.69, 9.17) is 5.11 Å². The molecule has 2 aromatic rings. The molecule has 0 aliphatic carbocycles. The van der Waals surface area contributed by atoms with Crippen LogP contribution in [0, 0.1) is 19.7 Å². The summed E-state index contributed by atoms with van der Waals surface area (Å²) in [6.45, 7) is 6.10. The van der Waals surface area contributed by atoms with Gasteiger partial charge in [-0.25, -0.2) is 9.18 Å². The molecule has 0 aliphatic heterocycles. The molecule has 1 aromatic carbocycles. The molecular weight excluding hydrogens is 277 g/mol. The Morgan fingerprint density at radius 2 is 2.05 bits per heavy atom. The smallest absolute Gasteiger partial charge is 0.338 e. The molecule has 1 atom stereocenters. The van der Waals surface area contributed by atoms with Gasteiger partial charge in [0.15, 0.2) is 0 Å². The third-order valence-electron chi connectivity index (χ3n) is 3.13. The molecule has 0 saturated carbocycles. The Hall–Kier alpha value is -1.88. The number of hydrogen-bond donors (Lipinski definition) is 2. The van der Waals surface area contributed by atoms with Crippen molar-refractivity contribution in [3.8, 4) is 0 Å². The largest absolute Gasteiger partial charge is 0.478 e. The fourth-order valence-electron chi connectivity index (χ4n) is 2.19. The highest BCUT2D eigenvalue weighted by Gasteiger charge is 2.14. The molecule has 0 amide bonds. The van der Waals surface area contributed by atoms with Crippen LogP contribution >= 0.6 is 11.3 Å². The number of carboxylic acids is 1. The average molecular weight is 293 g/mol. The summed E-state index contributed by atoms with van der Waals surface area (Å²) in [5, 5.41) is 12.0. The monoisotopic (exact) mass is 293 g/mol. The van der Waals surface area contributed by atoms with Crippen LogP contribution in [0.4, 0.5) is 10.1 Å². The lowest BCUT2D eigenvalue weighted by Crippen LogP contribution is -2.08. The standard InChI is InChI=1S/C15H16FNO2S/c1-8-6-13(10(3)20-8)9(2)17-11-4-5-12(15(18)19)14(16)7-11/h4-7,9,17H,1-3H3,(H,18,19). The van der Waals surface area contributed by atoms with Crippen LogP contribution in [0.3, 0.4) is 0 Å². The summed E-state index contributed by atoms with van der Waals surface area (Å²) in [7, 11) is 0. The van der Waals surface area contributed by atoms with E-state index in [1.54, 1.807) is 17.4 Å². The molecule has 0 bridgehead atoms. The zero-order chi connectivity index (χ0) is 14.9. The maximum absolute atomic E-state index is 13.6. The average Bonchev–Trinajstić information content (AvgIpc) is 2.68. The first-order valence-electron chi connectivity index (χ1n) is 6.25. The van der Waals surface area contributed by atoms with E-state index in [2.05, 4.69) is 25.2 Å². The van der Waals surface area contributed by atoms with Crippen molar-refractivity contribution in [3.05, 3.63) is 51.0 Å². The van der Waals surface area contributed by atoms with Gasteiger partial charge in [-0.3, -0.25) is 0 Å². The van der Waals surface area contributed by atoms with Crippen molar-refractivity contribution in [1.29, 1.82) is 0 Å². The Balaban J connectivity index is 2.20. The molecule has 0 radical (unpaired) electrons. The highest BCUT2D eigenvalue weighted by Crippen LogP contribution is 2.29. The van der Waals surface area contributed by atoms with Gasteiger partial charge in [0, 0.05) is 21.5 Å². The van der Waals surface area contributed by atoms with Gasteiger partial charge in [-0.1, -0.05) is 0 Å².